The van der Waals surface area contributed by atoms with E-state index in [9.17, 15) is 19.7 Å². The number of carboxylic acids is 1. The summed E-state index contributed by atoms with van der Waals surface area (Å²) < 4.78 is 4.80. The van der Waals surface area contributed by atoms with Gasteiger partial charge in [-0.2, -0.15) is 0 Å². The molecule has 0 saturated carbocycles. The Morgan fingerprint density at radius 3 is 2.60 bits per heavy atom. The van der Waals surface area contributed by atoms with Crippen molar-refractivity contribution in [3.63, 3.8) is 0 Å². The van der Waals surface area contributed by atoms with Crippen LogP contribution in [0.4, 0.5) is 5.69 Å². The third-order valence-electron chi connectivity index (χ3n) is 2.51. The molecule has 108 valence electrons. The van der Waals surface area contributed by atoms with E-state index in [2.05, 4.69) is 0 Å². The van der Waals surface area contributed by atoms with Gasteiger partial charge in [-0.15, -0.1) is 0 Å². The maximum Gasteiger partial charge on any atom is 0.323 e. The molecule has 8 heteroatoms. The number of nitrogens with zero attached hydrogens (tertiary/aromatic N) is 2. The Morgan fingerprint density at radius 1 is 1.40 bits per heavy atom. The number of methoxy groups -OCH3 is 1. The van der Waals surface area contributed by atoms with E-state index in [-0.39, 0.29) is 24.4 Å². The van der Waals surface area contributed by atoms with E-state index in [4.69, 9.17) is 9.84 Å². The molecule has 0 spiro atoms. The van der Waals surface area contributed by atoms with Crippen molar-refractivity contribution in [1.82, 2.24) is 4.90 Å². The number of hydrogen-bond donors (Lipinski definition) is 1. The molecule has 1 aromatic rings. The summed E-state index contributed by atoms with van der Waals surface area (Å²) in [5.41, 5.74) is -0.500. The van der Waals surface area contributed by atoms with Gasteiger partial charge in [-0.1, -0.05) is 12.1 Å². The monoisotopic (exact) mass is 282 g/mol. The van der Waals surface area contributed by atoms with Crippen molar-refractivity contribution in [3.8, 4) is 0 Å². The Hall–Kier alpha value is -2.48. The van der Waals surface area contributed by atoms with Gasteiger partial charge in [0.15, 0.2) is 0 Å². The second-order valence-corrected chi connectivity index (χ2v) is 3.89. The van der Waals surface area contributed by atoms with Gasteiger partial charge in [-0.3, -0.25) is 19.7 Å². The lowest BCUT2D eigenvalue weighted by molar-refractivity contribution is -0.385. The maximum atomic E-state index is 12.2. The van der Waals surface area contributed by atoms with Crippen molar-refractivity contribution in [2.75, 3.05) is 26.8 Å². The minimum Gasteiger partial charge on any atom is -0.480 e. The van der Waals surface area contributed by atoms with Gasteiger partial charge in [0, 0.05) is 19.7 Å². The van der Waals surface area contributed by atoms with Crippen molar-refractivity contribution in [2.24, 2.45) is 0 Å². The van der Waals surface area contributed by atoms with Crippen LogP contribution in [0.25, 0.3) is 0 Å². The van der Waals surface area contributed by atoms with Gasteiger partial charge in [0.25, 0.3) is 11.6 Å². The highest BCUT2D eigenvalue weighted by molar-refractivity contribution is 5.99. The maximum absolute atomic E-state index is 12.2. The number of hydrogen-bond acceptors (Lipinski definition) is 5. The minimum atomic E-state index is -1.20. The first-order valence-corrected chi connectivity index (χ1v) is 5.70. The Labute approximate surface area is 114 Å². The van der Waals surface area contributed by atoms with E-state index in [1.54, 1.807) is 0 Å². The Bertz CT molecular complexity index is 516. The van der Waals surface area contributed by atoms with Crippen molar-refractivity contribution < 1.29 is 24.4 Å². The molecule has 20 heavy (non-hydrogen) atoms. The smallest absolute Gasteiger partial charge is 0.323 e. The number of rotatable bonds is 7. The quantitative estimate of drug-likeness (QED) is 0.584. The molecule has 0 aliphatic carbocycles. The highest BCUT2D eigenvalue weighted by atomic mass is 16.6. The molecule has 0 aliphatic heterocycles. The van der Waals surface area contributed by atoms with Gasteiger partial charge in [0.05, 0.1) is 11.5 Å². The van der Waals surface area contributed by atoms with Crippen molar-refractivity contribution in [3.05, 3.63) is 39.9 Å². The molecule has 0 fully saturated rings. The average Bonchev–Trinajstić information content (AvgIpc) is 2.42. The predicted octanol–water partition coefficient (Wildman–Crippen LogP) is 0.768. The SMILES string of the molecule is COCCN(CC(=O)O)C(=O)c1ccccc1[N+](=O)[O-]. The van der Waals surface area contributed by atoms with Crippen LogP contribution in [0.15, 0.2) is 24.3 Å². The van der Waals surface area contributed by atoms with Crippen LogP contribution in [0.3, 0.4) is 0 Å². The first-order chi connectivity index (χ1) is 9.47. The number of carbonyl (C=O) groups is 2. The lowest BCUT2D eigenvalue weighted by Crippen LogP contribution is -2.38. The molecule has 1 aromatic carbocycles. The van der Waals surface area contributed by atoms with Crippen LogP contribution in [0.2, 0.25) is 0 Å². The topological polar surface area (TPSA) is 110 Å². The number of carboxylic acid groups (broad SMARTS) is 1. The van der Waals surface area contributed by atoms with E-state index >= 15 is 0 Å². The van der Waals surface area contributed by atoms with Gasteiger partial charge >= 0.3 is 5.97 Å². The number of para-hydroxylation sites is 1. The highest BCUT2D eigenvalue weighted by Crippen LogP contribution is 2.19. The van der Waals surface area contributed by atoms with Gasteiger partial charge in [-0.25, -0.2) is 0 Å². The average molecular weight is 282 g/mol. The first kappa shape index (κ1) is 15.6. The minimum absolute atomic E-state index is 0.0354. The molecular formula is C12H14N2O6. The molecule has 0 radical (unpaired) electrons. The van der Waals surface area contributed by atoms with E-state index < -0.39 is 23.3 Å². The second-order valence-electron chi connectivity index (χ2n) is 3.89. The number of benzene rings is 1. The van der Waals surface area contributed by atoms with Gasteiger partial charge in [0.2, 0.25) is 0 Å². The number of nitro groups is 1. The largest absolute Gasteiger partial charge is 0.480 e. The van der Waals surface area contributed by atoms with Gasteiger partial charge < -0.3 is 14.7 Å². The number of aliphatic carboxylic acids is 1. The molecule has 0 unspecified atom stereocenters. The van der Waals surface area contributed by atoms with Crippen LogP contribution in [0, 0.1) is 10.1 Å². The summed E-state index contributed by atoms with van der Waals surface area (Å²) in [4.78, 5) is 34.2. The number of nitro benzene ring substituents is 1. The molecule has 0 aliphatic rings. The molecule has 0 heterocycles. The summed E-state index contributed by atoms with van der Waals surface area (Å²) in [6.45, 7) is -0.373. The van der Waals surface area contributed by atoms with Crippen molar-refractivity contribution in [2.45, 2.75) is 0 Å². The summed E-state index contributed by atoms with van der Waals surface area (Å²) in [5, 5.41) is 19.7. The normalized spacial score (nSPS) is 10.1. The first-order valence-electron chi connectivity index (χ1n) is 5.70. The predicted molar refractivity (Wildman–Crippen MR) is 68.5 cm³/mol. The molecule has 0 bridgehead atoms. The Balaban J connectivity index is 3.05. The second kappa shape index (κ2) is 7.19. The summed E-state index contributed by atoms with van der Waals surface area (Å²) in [6, 6.07) is 5.41. The zero-order valence-electron chi connectivity index (χ0n) is 10.8. The number of carbonyl (C=O) groups excluding carboxylic acids is 1. The standard InChI is InChI=1S/C12H14N2O6/c1-20-7-6-13(8-11(15)16)12(17)9-4-2-3-5-10(9)14(18)19/h2-5H,6-8H2,1H3,(H,15,16). The molecule has 0 atom stereocenters. The molecule has 0 saturated heterocycles. The van der Waals surface area contributed by atoms with Crippen LogP contribution in [0.1, 0.15) is 10.4 Å². The van der Waals surface area contributed by atoms with Crippen molar-refractivity contribution in [1.29, 1.82) is 0 Å². The van der Waals surface area contributed by atoms with E-state index in [1.165, 1.54) is 31.4 Å². The van der Waals surface area contributed by atoms with Gasteiger partial charge in [0.1, 0.15) is 12.1 Å². The highest BCUT2D eigenvalue weighted by Gasteiger charge is 2.25. The van der Waals surface area contributed by atoms with Gasteiger partial charge in [-0.05, 0) is 6.07 Å². The Kier molecular flexibility index (Phi) is 5.60. The summed E-state index contributed by atoms with van der Waals surface area (Å²) >= 11 is 0. The Morgan fingerprint density at radius 2 is 2.05 bits per heavy atom. The van der Waals surface area contributed by atoms with E-state index in [0.29, 0.717) is 0 Å². The van der Waals surface area contributed by atoms with E-state index in [0.717, 1.165) is 4.90 Å². The van der Waals surface area contributed by atoms with Crippen LogP contribution in [0.5, 0.6) is 0 Å². The lowest BCUT2D eigenvalue weighted by atomic mass is 10.1. The molecule has 1 N–H and O–H groups in total. The molecular weight excluding hydrogens is 268 g/mol. The molecule has 0 aromatic heterocycles. The summed E-state index contributed by atoms with van der Waals surface area (Å²) in [6.07, 6.45) is 0. The van der Waals surface area contributed by atoms with Crippen molar-refractivity contribution >= 4 is 17.6 Å². The third-order valence-corrected chi connectivity index (χ3v) is 2.51. The number of ether oxygens (including phenoxy) is 1. The molecule has 8 nitrogen and oxygen atoms in total. The van der Waals surface area contributed by atoms with E-state index in [1.807, 2.05) is 0 Å². The van der Waals surface area contributed by atoms with Crippen LogP contribution in [-0.2, 0) is 9.53 Å². The number of amides is 1. The molecule has 1 amide bonds. The zero-order valence-corrected chi connectivity index (χ0v) is 10.8. The van der Waals surface area contributed by atoms with Crippen LogP contribution >= 0.6 is 0 Å². The zero-order chi connectivity index (χ0) is 15.1. The molecule has 1 rings (SSSR count). The third kappa shape index (κ3) is 4.02. The van der Waals surface area contributed by atoms with Crippen LogP contribution in [-0.4, -0.2) is 53.6 Å². The lowest BCUT2D eigenvalue weighted by Gasteiger charge is -2.20. The van der Waals surface area contributed by atoms with Crippen LogP contribution < -0.4 is 0 Å². The fourth-order valence-electron chi connectivity index (χ4n) is 1.60. The fourth-order valence-corrected chi connectivity index (χ4v) is 1.60. The fraction of sp³-hybridized carbons (Fsp3) is 0.333. The summed E-state index contributed by atoms with van der Waals surface area (Å²) in [7, 11) is 1.41. The summed E-state index contributed by atoms with van der Waals surface area (Å²) in [5.74, 6) is -1.91.